The van der Waals surface area contributed by atoms with Gasteiger partial charge in [-0.1, -0.05) is 36.4 Å². The SMILES string of the molecule is COc1ccccc1NC(=S)Nc1c(C)nn(Cc2ccccc2C)c1C. The van der Waals surface area contributed by atoms with Gasteiger partial charge in [-0.05, 0) is 56.2 Å². The van der Waals surface area contributed by atoms with Gasteiger partial charge in [0.1, 0.15) is 5.75 Å². The predicted octanol–water partition coefficient (Wildman–Crippen LogP) is 4.67. The maximum atomic E-state index is 5.49. The Hall–Kier alpha value is -2.86. The quantitative estimate of drug-likeness (QED) is 0.630. The van der Waals surface area contributed by atoms with Crippen molar-refractivity contribution in [2.75, 3.05) is 17.7 Å². The van der Waals surface area contributed by atoms with E-state index in [2.05, 4.69) is 46.9 Å². The van der Waals surface area contributed by atoms with Crippen molar-refractivity contribution in [3.8, 4) is 5.75 Å². The molecular formula is C21H24N4OS. The van der Waals surface area contributed by atoms with Gasteiger partial charge in [-0.25, -0.2) is 0 Å². The first-order valence-corrected chi connectivity index (χ1v) is 9.20. The molecule has 0 aliphatic rings. The minimum absolute atomic E-state index is 0.501. The summed E-state index contributed by atoms with van der Waals surface area (Å²) in [7, 11) is 1.64. The number of aryl methyl sites for hydroxylation is 2. The molecule has 0 fully saturated rings. The van der Waals surface area contributed by atoms with E-state index in [9.17, 15) is 0 Å². The highest BCUT2D eigenvalue weighted by Crippen LogP contribution is 2.25. The van der Waals surface area contributed by atoms with Crippen LogP contribution in [0.3, 0.4) is 0 Å². The molecule has 0 aliphatic carbocycles. The molecule has 0 spiro atoms. The van der Waals surface area contributed by atoms with Crippen LogP contribution in [0.5, 0.6) is 5.75 Å². The smallest absolute Gasteiger partial charge is 0.175 e. The van der Waals surface area contributed by atoms with Crippen LogP contribution in [0, 0.1) is 20.8 Å². The molecule has 0 unspecified atom stereocenters. The number of ether oxygens (including phenoxy) is 1. The highest BCUT2D eigenvalue weighted by Gasteiger charge is 2.14. The third-order valence-corrected chi connectivity index (χ3v) is 4.76. The van der Waals surface area contributed by atoms with Gasteiger partial charge in [0.15, 0.2) is 5.11 Å². The lowest BCUT2D eigenvalue weighted by Crippen LogP contribution is -2.20. The summed E-state index contributed by atoms with van der Waals surface area (Å²) in [5, 5.41) is 11.7. The maximum Gasteiger partial charge on any atom is 0.175 e. The zero-order chi connectivity index (χ0) is 19.4. The number of para-hydroxylation sites is 2. The van der Waals surface area contributed by atoms with E-state index in [1.165, 1.54) is 11.1 Å². The van der Waals surface area contributed by atoms with Crippen LogP contribution in [0.2, 0.25) is 0 Å². The lowest BCUT2D eigenvalue weighted by atomic mass is 10.1. The zero-order valence-electron chi connectivity index (χ0n) is 16.0. The van der Waals surface area contributed by atoms with E-state index in [4.69, 9.17) is 17.0 Å². The minimum Gasteiger partial charge on any atom is -0.495 e. The fourth-order valence-corrected chi connectivity index (χ4v) is 3.21. The number of nitrogens with one attached hydrogen (secondary N) is 2. The van der Waals surface area contributed by atoms with E-state index in [-0.39, 0.29) is 0 Å². The Labute approximate surface area is 165 Å². The first-order valence-electron chi connectivity index (χ1n) is 8.79. The number of rotatable bonds is 5. The maximum absolute atomic E-state index is 5.49. The molecule has 6 heteroatoms. The number of methoxy groups -OCH3 is 1. The molecule has 2 N–H and O–H groups in total. The number of benzene rings is 2. The molecule has 0 radical (unpaired) electrons. The van der Waals surface area contributed by atoms with Gasteiger partial charge in [-0.15, -0.1) is 0 Å². The summed E-state index contributed by atoms with van der Waals surface area (Å²) < 4.78 is 7.36. The fourth-order valence-electron chi connectivity index (χ4n) is 3.00. The summed E-state index contributed by atoms with van der Waals surface area (Å²) in [6, 6.07) is 16.0. The Balaban J connectivity index is 1.76. The number of hydrogen-bond donors (Lipinski definition) is 2. The Morgan fingerprint density at radius 1 is 1.04 bits per heavy atom. The van der Waals surface area contributed by atoms with E-state index in [1.807, 2.05) is 42.8 Å². The van der Waals surface area contributed by atoms with Crippen molar-refractivity contribution < 1.29 is 4.74 Å². The molecule has 0 amide bonds. The van der Waals surface area contributed by atoms with Crippen LogP contribution in [-0.4, -0.2) is 22.0 Å². The number of nitrogens with zero attached hydrogens (tertiary/aromatic N) is 2. The molecule has 5 nitrogen and oxygen atoms in total. The Morgan fingerprint density at radius 2 is 1.74 bits per heavy atom. The molecule has 27 heavy (non-hydrogen) atoms. The standard InChI is InChI=1S/C21H24N4OS/c1-14-9-5-6-10-17(14)13-25-16(3)20(15(2)24-25)23-21(27)22-18-11-7-8-12-19(18)26-4/h5-12H,13H2,1-4H3,(H2,22,23,27). The monoisotopic (exact) mass is 380 g/mol. The van der Waals surface area contributed by atoms with Crippen molar-refractivity contribution in [2.45, 2.75) is 27.3 Å². The second kappa shape index (κ2) is 8.22. The summed E-state index contributed by atoms with van der Waals surface area (Å²) in [6.07, 6.45) is 0. The third-order valence-electron chi connectivity index (χ3n) is 4.56. The first kappa shape index (κ1) is 18.9. The van der Waals surface area contributed by atoms with Gasteiger partial charge in [-0.2, -0.15) is 5.10 Å². The first-order chi connectivity index (χ1) is 13.0. The van der Waals surface area contributed by atoms with Crippen molar-refractivity contribution in [3.05, 3.63) is 71.0 Å². The number of thiocarbonyl (C=S) groups is 1. The second-order valence-electron chi connectivity index (χ2n) is 6.41. The molecular weight excluding hydrogens is 356 g/mol. The molecule has 0 bridgehead atoms. The van der Waals surface area contributed by atoms with E-state index < -0.39 is 0 Å². The predicted molar refractivity (Wildman–Crippen MR) is 115 cm³/mol. The summed E-state index contributed by atoms with van der Waals surface area (Å²) in [6.45, 7) is 6.88. The Morgan fingerprint density at radius 3 is 2.48 bits per heavy atom. The molecule has 140 valence electrons. The second-order valence-corrected chi connectivity index (χ2v) is 6.82. The van der Waals surface area contributed by atoms with Crippen molar-refractivity contribution in [1.29, 1.82) is 0 Å². The molecule has 3 rings (SSSR count). The third kappa shape index (κ3) is 4.28. The molecule has 0 saturated carbocycles. The molecule has 3 aromatic rings. The minimum atomic E-state index is 0.501. The van der Waals surface area contributed by atoms with Crippen molar-refractivity contribution in [3.63, 3.8) is 0 Å². The molecule has 0 saturated heterocycles. The normalized spacial score (nSPS) is 10.5. The van der Waals surface area contributed by atoms with Crippen LogP contribution < -0.4 is 15.4 Å². The highest BCUT2D eigenvalue weighted by molar-refractivity contribution is 7.80. The van der Waals surface area contributed by atoms with Crippen molar-refractivity contribution in [2.24, 2.45) is 0 Å². The van der Waals surface area contributed by atoms with Crippen LogP contribution in [-0.2, 0) is 6.54 Å². The van der Waals surface area contributed by atoms with Gasteiger partial charge < -0.3 is 15.4 Å². The molecule has 0 aliphatic heterocycles. The highest BCUT2D eigenvalue weighted by atomic mass is 32.1. The van der Waals surface area contributed by atoms with E-state index in [0.29, 0.717) is 5.11 Å². The van der Waals surface area contributed by atoms with Gasteiger partial charge in [-0.3, -0.25) is 4.68 Å². The number of aromatic nitrogens is 2. The lowest BCUT2D eigenvalue weighted by Gasteiger charge is -2.14. The summed E-state index contributed by atoms with van der Waals surface area (Å²) in [4.78, 5) is 0. The van der Waals surface area contributed by atoms with E-state index in [1.54, 1.807) is 7.11 Å². The van der Waals surface area contributed by atoms with Crippen LogP contribution in [0.4, 0.5) is 11.4 Å². The summed E-state index contributed by atoms with van der Waals surface area (Å²) >= 11 is 5.49. The van der Waals surface area contributed by atoms with Crippen LogP contribution in [0.1, 0.15) is 22.5 Å². The van der Waals surface area contributed by atoms with Gasteiger partial charge in [0.25, 0.3) is 0 Å². The summed E-state index contributed by atoms with van der Waals surface area (Å²) in [5.41, 5.74) is 6.21. The van der Waals surface area contributed by atoms with E-state index >= 15 is 0 Å². The van der Waals surface area contributed by atoms with Gasteiger partial charge in [0, 0.05) is 0 Å². The zero-order valence-corrected chi connectivity index (χ0v) is 16.9. The van der Waals surface area contributed by atoms with Crippen molar-refractivity contribution in [1.82, 2.24) is 9.78 Å². The van der Waals surface area contributed by atoms with Crippen molar-refractivity contribution >= 4 is 28.7 Å². The molecule has 2 aromatic carbocycles. The lowest BCUT2D eigenvalue weighted by molar-refractivity contribution is 0.417. The van der Waals surface area contributed by atoms with Gasteiger partial charge >= 0.3 is 0 Å². The average molecular weight is 381 g/mol. The van der Waals surface area contributed by atoms with E-state index in [0.717, 1.165) is 35.1 Å². The van der Waals surface area contributed by atoms with Gasteiger partial charge in [0.2, 0.25) is 0 Å². The fraction of sp³-hybridized carbons (Fsp3) is 0.238. The molecule has 0 atom stereocenters. The largest absolute Gasteiger partial charge is 0.495 e. The van der Waals surface area contributed by atoms with Crippen LogP contribution in [0.25, 0.3) is 0 Å². The summed E-state index contributed by atoms with van der Waals surface area (Å²) in [5.74, 6) is 0.741. The number of hydrogen-bond acceptors (Lipinski definition) is 3. The molecule has 1 aromatic heterocycles. The van der Waals surface area contributed by atoms with Crippen LogP contribution >= 0.6 is 12.2 Å². The van der Waals surface area contributed by atoms with Gasteiger partial charge in [0.05, 0.1) is 36.4 Å². The Kier molecular flexibility index (Phi) is 5.76. The molecule has 1 heterocycles. The number of anilines is 2. The topological polar surface area (TPSA) is 51.1 Å². The average Bonchev–Trinajstić information content (AvgIpc) is 2.91. The Bertz CT molecular complexity index is 965. The van der Waals surface area contributed by atoms with Crippen LogP contribution in [0.15, 0.2) is 48.5 Å².